The molecule has 2 aromatic carbocycles. The first-order chi connectivity index (χ1) is 22.8. The zero-order valence-corrected chi connectivity index (χ0v) is 29.1. The summed E-state index contributed by atoms with van der Waals surface area (Å²) in [5, 5.41) is 3.06. The Bertz CT molecular complexity index is 1580. The Hall–Kier alpha value is -4.40. The van der Waals surface area contributed by atoms with Crippen LogP contribution in [0.2, 0.25) is 0 Å². The van der Waals surface area contributed by atoms with E-state index in [0.717, 1.165) is 83.8 Å². The van der Waals surface area contributed by atoms with Crippen molar-refractivity contribution in [3.63, 3.8) is 0 Å². The lowest BCUT2D eigenvalue weighted by atomic mass is 9.92. The number of esters is 1. The molecule has 4 atom stereocenters. The molecule has 0 radical (unpaired) electrons. The van der Waals surface area contributed by atoms with E-state index in [1.807, 2.05) is 53.9 Å². The minimum Gasteiger partial charge on any atom is -0.460 e. The first-order valence-electron chi connectivity index (χ1n) is 17.3. The number of hydrogen-bond acceptors (Lipinski definition) is 6. The number of amides is 1. The highest BCUT2D eigenvalue weighted by atomic mass is 16.6. The van der Waals surface area contributed by atoms with Crippen molar-refractivity contribution in [3.8, 4) is 33.6 Å². The van der Waals surface area contributed by atoms with Gasteiger partial charge in [0.1, 0.15) is 22.9 Å². The number of H-pyrrole nitrogens is 2. The smallest absolute Gasteiger partial charge is 0.407 e. The zero-order chi connectivity index (χ0) is 34.1. The minimum atomic E-state index is -0.528. The number of carbonyl (C=O) groups is 2. The molecule has 1 amide bonds. The second-order valence-corrected chi connectivity index (χ2v) is 15.4. The van der Waals surface area contributed by atoms with Crippen LogP contribution < -0.4 is 5.32 Å². The summed E-state index contributed by atoms with van der Waals surface area (Å²) in [5.41, 5.74) is 5.14. The Labute approximate surface area is 283 Å². The first-order valence-corrected chi connectivity index (χ1v) is 17.3. The molecule has 2 saturated carbocycles. The lowest BCUT2D eigenvalue weighted by Crippen LogP contribution is -2.40. The van der Waals surface area contributed by atoms with Crippen LogP contribution in [0.5, 0.6) is 0 Å². The number of imidazole rings is 2. The van der Waals surface area contributed by atoms with Gasteiger partial charge >= 0.3 is 12.1 Å². The summed E-state index contributed by atoms with van der Waals surface area (Å²) < 4.78 is 11.1. The van der Waals surface area contributed by atoms with Gasteiger partial charge < -0.3 is 24.8 Å². The lowest BCUT2D eigenvalue weighted by molar-refractivity contribution is -0.156. The normalized spacial score (nSPS) is 21.3. The Morgan fingerprint density at radius 3 is 1.71 bits per heavy atom. The summed E-state index contributed by atoms with van der Waals surface area (Å²) in [6.07, 6.45) is 10.0. The van der Waals surface area contributed by atoms with E-state index in [-0.39, 0.29) is 35.9 Å². The number of alkyl carbamates (subject to hydrolysis) is 1. The van der Waals surface area contributed by atoms with E-state index in [0.29, 0.717) is 6.42 Å². The van der Waals surface area contributed by atoms with Crippen LogP contribution in [0.3, 0.4) is 0 Å². The van der Waals surface area contributed by atoms with Crippen LogP contribution in [0.15, 0.2) is 60.9 Å². The maximum Gasteiger partial charge on any atom is 0.407 e. The van der Waals surface area contributed by atoms with Gasteiger partial charge in [0.2, 0.25) is 0 Å². The van der Waals surface area contributed by atoms with Crippen molar-refractivity contribution in [2.75, 3.05) is 0 Å². The zero-order valence-electron chi connectivity index (χ0n) is 29.1. The van der Waals surface area contributed by atoms with E-state index in [1.54, 1.807) is 0 Å². The largest absolute Gasteiger partial charge is 0.460 e. The number of benzene rings is 2. The molecule has 9 heteroatoms. The third-order valence-electron chi connectivity index (χ3n) is 9.32. The molecular formula is C39H49N5O4. The standard InChI is InChI=1S/C39H49N5O4/c1-38(2,3)47-34(45)21-28-9-7-10-29(28)35-40-22-32(42-35)26-17-13-24(14-18-26)25-15-19-27(20-16-25)33-23-41-36(43-33)30-11-8-12-31(30)44-37(46)48-39(4,5)6/h13-20,22-23,28-31H,7-12,21H2,1-6H3,(H,40,42)(H,41,43)(H,44,46)/t28-,29-,30-,31+/m1/s1. The van der Waals surface area contributed by atoms with Crippen molar-refractivity contribution in [3.05, 3.63) is 72.6 Å². The van der Waals surface area contributed by atoms with Gasteiger partial charge in [0.05, 0.1) is 11.4 Å². The van der Waals surface area contributed by atoms with Crippen molar-refractivity contribution in [1.82, 2.24) is 25.3 Å². The summed E-state index contributed by atoms with van der Waals surface area (Å²) in [7, 11) is 0. The summed E-state index contributed by atoms with van der Waals surface area (Å²) >= 11 is 0. The Kier molecular flexibility index (Phi) is 9.50. The number of aromatic nitrogens is 4. The maximum atomic E-state index is 12.5. The number of nitrogens with one attached hydrogen (secondary N) is 3. The fourth-order valence-electron chi connectivity index (χ4n) is 7.17. The number of ether oxygens (including phenoxy) is 2. The fraction of sp³-hybridized carbons (Fsp3) is 0.487. The molecule has 2 aromatic heterocycles. The van der Waals surface area contributed by atoms with Crippen molar-refractivity contribution in [2.24, 2.45) is 5.92 Å². The number of nitrogens with zero attached hydrogens (tertiary/aromatic N) is 2. The number of rotatable bonds is 8. The molecule has 0 bridgehead atoms. The van der Waals surface area contributed by atoms with Gasteiger partial charge in [0.25, 0.3) is 0 Å². The second kappa shape index (κ2) is 13.6. The minimum absolute atomic E-state index is 0.000963. The van der Waals surface area contributed by atoms with Gasteiger partial charge in [-0.2, -0.15) is 0 Å². The van der Waals surface area contributed by atoms with Crippen LogP contribution in [0.4, 0.5) is 4.79 Å². The molecule has 0 spiro atoms. The van der Waals surface area contributed by atoms with E-state index in [4.69, 9.17) is 19.4 Å². The lowest BCUT2D eigenvalue weighted by Gasteiger charge is -2.24. The molecule has 48 heavy (non-hydrogen) atoms. The molecule has 0 saturated heterocycles. The van der Waals surface area contributed by atoms with E-state index >= 15 is 0 Å². The third kappa shape index (κ3) is 8.17. The van der Waals surface area contributed by atoms with E-state index < -0.39 is 11.2 Å². The highest BCUT2D eigenvalue weighted by Crippen LogP contribution is 2.41. The third-order valence-corrected chi connectivity index (χ3v) is 9.32. The van der Waals surface area contributed by atoms with Crippen molar-refractivity contribution >= 4 is 12.1 Å². The van der Waals surface area contributed by atoms with Gasteiger partial charge in [0, 0.05) is 47.8 Å². The molecule has 2 fully saturated rings. The molecule has 3 N–H and O–H groups in total. The predicted molar refractivity (Wildman–Crippen MR) is 187 cm³/mol. The fourth-order valence-corrected chi connectivity index (χ4v) is 7.17. The summed E-state index contributed by atoms with van der Waals surface area (Å²) in [6.45, 7) is 11.4. The monoisotopic (exact) mass is 651 g/mol. The highest BCUT2D eigenvalue weighted by molar-refractivity contribution is 5.72. The van der Waals surface area contributed by atoms with Crippen LogP contribution >= 0.6 is 0 Å². The van der Waals surface area contributed by atoms with Gasteiger partial charge in [-0.1, -0.05) is 61.4 Å². The van der Waals surface area contributed by atoms with Crippen molar-refractivity contribution in [1.29, 1.82) is 0 Å². The van der Waals surface area contributed by atoms with Gasteiger partial charge in [0.15, 0.2) is 0 Å². The van der Waals surface area contributed by atoms with Crippen LogP contribution in [0.1, 0.15) is 110 Å². The molecule has 2 heterocycles. The first kappa shape index (κ1) is 33.5. The number of hydrogen-bond donors (Lipinski definition) is 3. The quantitative estimate of drug-likeness (QED) is 0.164. The molecule has 6 rings (SSSR count). The van der Waals surface area contributed by atoms with E-state index in [9.17, 15) is 9.59 Å². The van der Waals surface area contributed by atoms with Crippen LogP contribution in [-0.2, 0) is 14.3 Å². The summed E-state index contributed by atoms with van der Waals surface area (Å²) in [4.78, 5) is 41.6. The molecule has 2 aliphatic carbocycles. The topological polar surface area (TPSA) is 122 Å². The predicted octanol–water partition coefficient (Wildman–Crippen LogP) is 8.91. The molecule has 254 valence electrons. The van der Waals surface area contributed by atoms with Crippen molar-refractivity contribution < 1.29 is 19.1 Å². The van der Waals surface area contributed by atoms with E-state index in [1.165, 1.54) is 0 Å². The molecule has 0 aliphatic heterocycles. The van der Waals surface area contributed by atoms with Gasteiger partial charge in [-0.25, -0.2) is 14.8 Å². The SMILES string of the molecule is CC(C)(C)OC(=O)C[C@H]1CCC[C@H]1c1nc(-c2ccc(-c3ccc(-c4c[nH]c([C@@H]5CCC[C@@H]5NC(=O)OC(C)(C)C)n4)cc3)cc2)c[nH]1. The van der Waals surface area contributed by atoms with Gasteiger partial charge in [-0.3, -0.25) is 4.79 Å². The second-order valence-electron chi connectivity index (χ2n) is 15.4. The molecule has 4 aromatic rings. The Morgan fingerprint density at radius 2 is 1.17 bits per heavy atom. The highest BCUT2D eigenvalue weighted by Gasteiger charge is 2.35. The Balaban J connectivity index is 1.08. The molecule has 0 unspecified atom stereocenters. The maximum absolute atomic E-state index is 12.5. The van der Waals surface area contributed by atoms with Crippen molar-refractivity contribution in [2.45, 2.75) is 116 Å². The van der Waals surface area contributed by atoms with Crippen LogP contribution in [0.25, 0.3) is 33.6 Å². The number of carbonyl (C=O) groups excluding carboxylic acids is 2. The summed E-state index contributed by atoms with van der Waals surface area (Å²) in [5.74, 6) is 2.35. The molecule has 2 aliphatic rings. The molecular weight excluding hydrogens is 602 g/mol. The molecule has 9 nitrogen and oxygen atoms in total. The number of aromatic amines is 2. The van der Waals surface area contributed by atoms with Gasteiger partial charge in [-0.05, 0) is 84.3 Å². The van der Waals surface area contributed by atoms with E-state index in [2.05, 4.69) is 63.8 Å². The average Bonchev–Trinajstić information content (AvgIpc) is 3.83. The summed E-state index contributed by atoms with van der Waals surface area (Å²) in [6, 6.07) is 16.9. The average molecular weight is 652 g/mol. The van der Waals surface area contributed by atoms with Gasteiger partial charge in [-0.15, -0.1) is 0 Å². The van der Waals surface area contributed by atoms with Crippen LogP contribution in [-0.4, -0.2) is 49.2 Å². The van der Waals surface area contributed by atoms with Crippen LogP contribution in [0, 0.1) is 5.92 Å². The Morgan fingerprint density at radius 1 is 0.688 bits per heavy atom.